The molecule has 0 amide bonds. The van der Waals surface area contributed by atoms with Gasteiger partial charge in [0.2, 0.25) is 10.0 Å². The fourth-order valence-electron chi connectivity index (χ4n) is 2.08. The molecular weight excluding hydrogens is 272 g/mol. The first-order chi connectivity index (χ1) is 9.29. The van der Waals surface area contributed by atoms with Crippen molar-refractivity contribution >= 4 is 10.0 Å². The van der Waals surface area contributed by atoms with Crippen LogP contribution in [0.3, 0.4) is 0 Å². The van der Waals surface area contributed by atoms with Crippen molar-refractivity contribution in [2.24, 2.45) is 11.8 Å². The van der Waals surface area contributed by atoms with Crippen LogP contribution in [-0.2, 0) is 10.0 Å². The molecule has 0 aromatic heterocycles. The quantitative estimate of drug-likeness (QED) is 0.564. The maximum Gasteiger partial charge on any atom is 0.214 e. The van der Waals surface area contributed by atoms with Crippen molar-refractivity contribution in [2.45, 2.75) is 53.9 Å². The van der Waals surface area contributed by atoms with E-state index in [1.165, 1.54) is 0 Å². The van der Waals surface area contributed by atoms with Gasteiger partial charge in [0, 0.05) is 13.1 Å². The largest absolute Gasteiger partial charge is 0.317 e. The third-order valence-corrected chi connectivity index (χ3v) is 4.85. The molecule has 0 fully saturated rings. The minimum absolute atomic E-state index is 0.278. The van der Waals surface area contributed by atoms with Crippen molar-refractivity contribution in [3.8, 4) is 0 Å². The zero-order chi connectivity index (χ0) is 15.6. The molecule has 0 bridgehead atoms. The first-order valence-corrected chi connectivity index (χ1v) is 9.59. The van der Waals surface area contributed by atoms with Crippen LogP contribution in [0.25, 0.3) is 0 Å². The normalized spacial score (nSPS) is 12.8. The second kappa shape index (κ2) is 10.6. The first-order valence-electron chi connectivity index (χ1n) is 7.98. The Hall–Kier alpha value is -0.130. The molecule has 1 N–H and O–H groups in total. The van der Waals surface area contributed by atoms with Gasteiger partial charge in [-0.25, -0.2) is 12.7 Å². The lowest BCUT2D eigenvalue weighted by Gasteiger charge is -2.25. The third-order valence-electron chi connectivity index (χ3n) is 2.96. The molecule has 0 heterocycles. The van der Waals surface area contributed by atoms with E-state index in [1.807, 2.05) is 0 Å². The summed E-state index contributed by atoms with van der Waals surface area (Å²) in [5, 5.41) is 3.31. The molecule has 0 aliphatic rings. The number of unbranched alkanes of at least 4 members (excludes halogenated alkanes) is 1. The zero-order valence-electron chi connectivity index (χ0n) is 14.0. The summed E-state index contributed by atoms with van der Waals surface area (Å²) in [6.07, 6.45) is 2.79. The Morgan fingerprint density at radius 2 is 1.50 bits per heavy atom. The summed E-state index contributed by atoms with van der Waals surface area (Å²) >= 11 is 0. The van der Waals surface area contributed by atoms with E-state index < -0.39 is 10.0 Å². The van der Waals surface area contributed by atoms with Crippen molar-refractivity contribution in [3.05, 3.63) is 0 Å². The van der Waals surface area contributed by atoms with Gasteiger partial charge in [0.15, 0.2) is 0 Å². The van der Waals surface area contributed by atoms with E-state index in [9.17, 15) is 8.42 Å². The summed E-state index contributed by atoms with van der Waals surface area (Å²) in [5.74, 6) is 1.02. The average Bonchev–Trinajstić information content (AvgIpc) is 2.31. The van der Waals surface area contributed by atoms with Gasteiger partial charge in [-0.2, -0.15) is 0 Å². The van der Waals surface area contributed by atoms with Crippen molar-refractivity contribution in [2.75, 3.05) is 31.9 Å². The van der Waals surface area contributed by atoms with E-state index in [1.54, 1.807) is 4.31 Å². The van der Waals surface area contributed by atoms with Gasteiger partial charge < -0.3 is 5.32 Å². The van der Waals surface area contributed by atoms with Gasteiger partial charge in [-0.05, 0) is 44.2 Å². The van der Waals surface area contributed by atoms with Gasteiger partial charge in [0.05, 0.1) is 5.75 Å². The second-order valence-corrected chi connectivity index (χ2v) is 8.47. The molecule has 0 aliphatic carbocycles. The smallest absolute Gasteiger partial charge is 0.214 e. The van der Waals surface area contributed by atoms with E-state index in [-0.39, 0.29) is 5.75 Å². The highest BCUT2D eigenvalue weighted by Crippen LogP contribution is 2.11. The van der Waals surface area contributed by atoms with Crippen LogP contribution in [-0.4, -0.2) is 44.7 Å². The van der Waals surface area contributed by atoms with Gasteiger partial charge >= 0.3 is 0 Å². The van der Waals surface area contributed by atoms with Crippen LogP contribution >= 0.6 is 0 Å². The van der Waals surface area contributed by atoms with Crippen LogP contribution in [0.15, 0.2) is 0 Å². The maximum absolute atomic E-state index is 12.4. The second-order valence-electron chi connectivity index (χ2n) is 6.38. The molecule has 0 saturated heterocycles. The molecule has 0 aromatic rings. The standard InChI is InChI=1S/C15H34N2O2S/c1-6-9-16-10-7-8-11-20(18,19)17(12-14(2)3)13-15(4)5/h14-16H,6-13H2,1-5H3. The van der Waals surface area contributed by atoms with Gasteiger partial charge in [0.25, 0.3) is 0 Å². The monoisotopic (exact) mass is 306 g/mol. The third kappa shape index (κ3) is 9.72. The maximum atomic E-state index is 12.4. The van der Waals surface area contributed by atoms with E-state index in [0.717, 1.165) is 32.4 Å². The Morgan fingerprint density at radius 1 is 0.950 bits per heavy atom. The Labute approximate surface area is 126 Å². The highest BCUT2D eigenvalue weighted by atomic mass is 32.2. The Morgan fingerprint density at radius 3 is 1.95 bits per heavy atom. The molecule has 0 aromatic carbocycles. The number of sulfonamides is 1. The van der Waals surface area contributed by atoms with Gasteiger partial charge in [-0.15, -0.1) is 0 Å². The Balaban J connectivity index is 4.25. The lowest BCUT2D eigenvalue weighted by molar-refractivity contribution is 0.333. The predicted octanol–water partition coefficient (Wildman–Crippen LogP) is 2.71. The molecular formula is C15H34N2O2S. The van der Waals surface area contributed by atoms with Crippen molar-refractivity contribution < 1.29 is 8.42 Å². The average molecular weight is 307 g/mol. The molecule has 0 unspecified atom stereocenters. The minimum Gasteiger partial charge on any atom is -0.317 e. The van der Waals surface area contributed by atoms with E-state index >= 15 is 0 Å². The molecule has 0 saturated carbocycles. The molecule has 4 nitrogen and oxygen atoms in total. The summed E-state index contributed by atoms with van der Waals surface area (Å²) in [6, 6.07) is 0. The summed E-state index contributed by atoms with van der Waals surface area (Å²) in [6.45, 7) is 13.6. The number of nitrogens with one attached hydrogen (secondary N) is 1. The van der Waals surface area contributed by atoms with E-state index in [2.05, 4.69) is 39.9 Å². The molecule has 0 atom stereocenters. The summed E-state index contributed by atoms with van der Waals surface area (Å²) < 4.78 is 26.5. The van der Waals surface area contributed by atoms with Gasteiger partial charge in [-0.3, -0.25) is 0 Å². The Kier molecular flexibility index (Phi) is 10.5. The molecule has 0 rings (SSSR count). The van der Waals surface area contributed by atoms with Gasteiger partial charge in [-0.1, -0.05) is 34.6 Å². The van der Waals surface area contributed by atoms with Crippen molar-refractivity contribution in [1.29, 1.82) is 0 Å². The van der Waals surface area contributed by atoms with Crippen LogP contribution in [0.5, 0.6) is 0 Å². The highest BCUT2D eigenvalue weighted by Gasteiger charge is 2.23. The number of rotatable bonds is 12. The molecule has 5 heteroatoms. The van der Waals surface area contributed by atoms with Crippen molar-refractivity contribution in [1.82, 2.24) is 9.62 Å². The minimum atomic E-state index is -3.10. The summed E-state index contributed by atoms with van der Waals surface area (Å²) in [7, 11) is -3.10. The number of hydrogen-bond acceptors (Lipinski definition) is 3. The SMILES string of the molecule is CCCNCCCCS(=O)(=O)N(CC(C)C)CC(C)C. The van der Waals surface area contributed by atoms with Crippen molar-refractivity contribution in [3.63, 3.8) is 0 Å². The van der Waals surface area contributed by atoms with Crippen LogP contribution in [0.1, 0.15) is 53.9 Å². The van der Waals surface area contributed by atoms with E-state index in [0.29, 0.717) is 24.9 Å². The van der Waals surface area contributed by atoms with Crippen LogP contribution in [0.2, 0.25) is 0 Å². The highest BCUT2D eigenvalue weighted by molar-refractivity contribution is 7.89. The molecule has 0 radical (unpaired) electrons. The molecule has 122 valence electrons. The lowest BCUT2D eigenvalue weighted by atomic mass is 10.2. The fourth-order valence-corrected chi connectivity index (χ4v) is 3.96. The number of hydrogen-bond donors (Lipinski definition) is 1. The van der Waals surface area contributed by atoms with E-state index in [4.69, 9.17) is 0 Å². The molecule has 20 heavy (non-hydrogen) atoms. The number of nitrogens with zero attached hydrogens (tertiary/aromatic N) is 1. The first kappa shape index (κ1) is 19.9. The van der Waals surface area contributed by atoms with Crippen LogP contribution in [0.4, 0.5) is 0 Å². The fraction of sp³-hybridized carbons (Fsp3) is 1.00. The Bertz CT molecular complexity index is 317. The summed E-state index contributed by atoms with van der Waals surface area (Å²) in [5.41, 5.74) is 0. The zero-order valence-corrected chi connectivity index (χ0v) is 14.8. The molecule has 0 spiro atoms. The molecule has 0 aliphatic heterocycles. The lowest BCUT2D eigenvalue weighted by Crippen LogP contribution is -2.38. The van der Waals surface area contributed by atoms with Gasteiger partial charge in [0.1, 0.15) is 0 Å². The van der Waals surface area contributed by atoms with Crippen LogP contribution < -0.4 is 5.32 Å². The summed E-state index contributed by atoms with van der Waals surface area (Å²) in [4.78, 5) is 0. The predicted molar refractivity (Wildman–Crippen MR) is 87.4 cm³/mol. The van der Waals surface area contributed by atoms with Crippen LogP contribution in [0, 0.1) is 11.8 Å². The topological polar surface area (TPSA) is 49.4 Å².